The number of benzene rings is 1. The second kappa shape index (κ2) is 7.80. The highest BCUT2D eigenvalue weighted by molar-refractivity contribution is 6.33. The number of halogens is 1. The van der Waals surface area contributed by atoms with Crippen LogP contribution >= 0.6 is 11.6 Å². The zero-order valence-electron chi connectivity index (χ0n) is 16.2. The van der Waals surface area contributed by atoms with Crippen LogP contribution in [-0.2, 0) is 6.42 Å². The maximum atomic E-state index is 12.8. The molecule has 0 saturated carbocycles. The smallest absolute Gasteiger partial charge is 0.317 e. The number of hydrogen-bond acceptors (Lipinski definition) is 3. The number of likely N-dealkylation sites (tertiary alicyclic amines) is 1. The Morgan fingerprint density at radius 2 is 2.07 bits per heavy atom. The third kappa shape index (κ3) is 3.56. The minimum atomic E-state index is 0.00123. The van der Waals surface area contributed by atoms with Crippen LogP contribution in [0.15, 0.2) is 36.8 Å². The summed E-state index contributed by atoms with van der Waals surface area (Å²) in [4.78, 5) is 19.1. The van der Waals surface area contributed by atoms with Gasteiger partial charge in [-0.1, -0.05) is 29.8 Å². The van der Waals surface area contributed by atoms with Gasteiger partial charge in [0.15, 0.2) is 5.65 Å². The Bertz CT molecular complexity index is 995. The first kappa shape index (κ1) is 18.7. The molecule has 146 valence electrons. The third-order valence-corrected chi connectivity index (χ3v) is 5.71. The lowest BCUT2D eigenvalue weighted by Gasteiger charge is -2.28. The van der Waals surface area contributed by atoms with E-state index in [-0.39, 0.29) is 12.1 Å². The highest BCUT2D eigenvalue weighted by Gasteiger charge is 2.31. The number of nitrogens with zero attached hydrogens (tertiary/aromatic N) is 4. The van der Waals surface area contributed by atoms with E-state index in [1.165, 1.54) is 16.7 Å². The maximum absolute atomic E-state index is 12.8. The molecule has 1 aliphatic rings. The van der Waals surface area contributed by atoms with Crippen molar-refractivity contribution in [2.75, 3.05) is 13.1 Å². The van der Waals surface area contributed by atoms with Gasteiger partial charge in [-0.3, -0.25) is 0 Å². The molecule has 1 unspecified atom stereocenters. The molecular weight excluding hydrogens is 374 g/mol. The van der Waals surface area contributed by atoms with Crippen molar-refractivity contribution in [3.63, 3.8) is 0 Å². The van der Waals surface area contributed by atoms with Crippen molar-refractivity contribution >= 4 is 23.3 Å². The Balaban J connectivity index is 1.40. The van der Waals surface area contributed by atoms with Gasteiger partial charge >= 0.3 is 6.03 Å². The monoisotopic (exact) mass is 397 g/mol. The highest BCUT2D eigenvalue weighted by Crippen LogP contribution is 2.35. The quantitative estimate of drug-likeness (QED) is 0.721. The number of aromatic nitrogens is 3. The summed E-state index contributed by atoms with van der Waals surface area (Å²) in [5.41, 5.74) is 5.44. The molecule has 1 aliphatic heterocycles. The fourth-order valence-electron chi connectivity index (χ4n) is 4.09. The van der Waals surface area contributed by atoms with E-state index in [2.05, 4.69) is 47.4 Å². The minimum Gasteiger partial charge on any atom is -0.338 e. The number of nitrogens with one attached hydrogen (secondary N) is 1. The Hall–Kier alpha value is -2.60. The van der Waals surface area contributed by atoms with E-state index in [1.54, 1.807) is 16.9 Å². The molecule has 4 rings (SSSR count). The van der Waals surface area contributed by atoms with Crippen molar-refractivity contribution in [1.29, 1.82) is 0 Å². The molecule has 1 fully saturated rings. The number of urea groups is 1. The highest BCUT2D eigenvalue weighted by atomic mass is 35.5. The van der Waals surface area contributed by atoms with Crippen molar-refractivity contribution in [3.05, 3.63) is 64.1 Å². The summed E-state index contributed by atoms with van der Waals surface area (Å²) in [7, 11) is 0. The summed E-state index contributed by atoms with van der Waals surface area (Å²) in [5.74, 6) is 0. The first-order chi connectivity index (χ1) is 13.5. The maximum Gasteiger partial charge on any atom is 0.317 e. The summed E-state index contributed by atoms with van der Waals surface area (Å²) >= 11 is 6.02. The molecule has 7 heteroatoms. The van der Waals surface area contributed by atoms with E-state index in [9.17, 15) is 4.79 Å². The molecular formula is C21H24ClN5O. The Kier molecular flexibility index (Phi) is 5.22. The summed E-state index contributed by atoms with van der Waals surface area (Å²) in [6.07, 6.45) is 8.00. The normalized spacial score (nSPS) is 16.7. The van der Waals surface area contributed by atoms with Gasteiger partial charge in [-0.25, -0.2) is 14.3 Å². The topological polar surface area (TPSA) is 62.5 Å². The SMILES string of the molecule is Cc1cccc(C)c1C1CCCN1C(=O)NCCc1cnc2c(Cl)cnn2c1. The van der Waals surface area contributed by atoms with E-state index in [0.29, 0.717) is 23.6 Å². The predicted octanol–water partition coefficient (Wildman–Crippen LogP) is 4.09. The second-order valence-electron chi connectivity index (χ2n) is 7.36. The Morgan fingerprint density at radius 1 is 1.29 bits per heavy atom. The van der Waals surface area contributed by atoms with E-state index >= 15 is 0 Å². The molecule has 1 aromatic carbocycles. The lowest BCUT2D eigenvalue weighted by Crippen LogP contribution is -2.40. The van der Waals surface area contributed by atoms with Crippen LogP contribution in [0.5, 0.6) is 0 Å². The lowest BCUT2D eigenvalue weighted by atomic mass is 9.94. The fraction of sp³-hybridized carbons (Fsp3) is 0.381. The molecule has 0 radical (unpaired) electrons. The van der Waals surface area contributed by atoms with E-state index in [4.69, 9.17) is 11.6 Å². The number of amides is 2. The second-order valence-corrected chi connectivity index (χ2v) is 7.77. The van der Waals surface area contributed by atoms with Crippen molar-refractivity contribution in [2.24, 2.45) is 0 Å². The van der Waals surface area contributed by atoms with Gasteiger partial charge in [-0.05, 0) is 55.4 Å². The average molecular weight is 398 g/mol. The molecule has 28 heavy (non-hydrogen) atoms. The number of carbonyl (C=O) groups is 1. The lowest BCUT2D eigenvalue weighted by molar-refractivity contribution is 0.193. The van der Waals surface area contributed by atoms with Crippen molar-refractivity contribution in [3.8, 4) is 0 Å². The standard InChI is InChI=1S/C21H24ClN5O/c1-14-5-3-6-15(2)19(14)18-7-4-10-26(18)21(28)23-9-8-16-11-24-20-17(22)12-25-27(20)13-16/h3,5-6,11-13,18H,4,7-10H2,1-2H3,(H,23,28). The van der Waals surface area contributed by atoms with E-state index in [1.807, 2.05) is 11.1 Å². The number of rotatable bonds is 4. The summed E-state index contributed by atoms with van der Waals surface area (Å²) < 4.78 is 1.66. The van der Waals surface area contributed by atoms with Crippen LogP contribution in [0.3, 0.4) is 0 Å². The van der Waals surface area contributed by atoms with Gasteiger partial charge in [0.25, 0.3) is 0 Å². The molecule has 0 spiro atoms. The molecule has 1 atom stereocenters. The summed E-state index contributed by atoms with van der Waals surface area (Å²) in [6, 6.07) is 6.49. The van der Waals surface area contributed by atoms with Crippen LogP contribution in [0.4, 0.5) is 4.79 Å². The molecule has 1 N–H and O–H groups in total. The predicted molar refractivity (Wildman–Crippen MR) is 110 cm³/mol. The van der Waals surface area contributed by atoms with Crippen LogP contribution in [0, 0.1) is 13.8 Å². The van der Waals surface area contributed by atoms with E-state index in [0.717, 1.165) is 24.9 Å². The van der Waals surface area contributed by atoms with Crippen molar-refractivity contribution < 1.29 is 4.79 Å². The van der Waals surface area contributed by atoms with Gasteiger partial charge in [0.05, 0.1) is 12.2 Å². The molecule has 0 bridgehead atoms. The first-order valence-electron chi connectivity index (χ1n) is 9.63. The van der Waals surface area contributed by atoms with Crippen molar-refractivity contribution in [2.45, 2.75) is 39.2 Å². The largest absolute Gasteiger partial charge is 0.338 e. The van der Waals surface area contributed by atoms with Crippen LogP contribution in [0.1, 0.15) is 41.1 Å². The summed E-state index contributed by atoms with van der Waals surface area (Å²) in [6.45, 7) is 5.60. The Morgan fingerprint density at radius 3 is 2.86 bits per heavy atom. The van der Waals surface area contributed by atoms with Gasteiger partial charge in [0.1, 0.15) is 5.02 Å². The zero-order valence-corrected chi connectivity index (χ0v) is 16.9. The minimum absolute atomic E-state index is 0.00123. The summed E-state index contributed by atoms with van der Waals surface area (Å²) in [5, 5.41) is 7.77. The average Bonchev–Trinajstić information content (AvgIpc) is 3.29. The fourth-order valence-corrected chi connectivity index (χ4v) is 4.27. The molecule has 1 saturated heterocycles. The van der Waals surface area contributed by atoms with Gasteiger partial charge in [-0.2, -0.15) is 5.10 Å². The number of carbonyl (C=O) groups excluding carboxylic acids is 1. The van der Waals surface area contributed by atoms with Crippen LogP contribution in [0.25, 0.3) is 5.65 Å². The van der Waals surface area contributed by atoms with Crippen LogP contribution < -0.4 is 5.32 Å². The number of fused-ring (bicyclic) bond motifs is 1. The first-order valence-corrected chi connectivity index (χ1v) is 10.0. The van der Waals surface area contributed by atoms with Crippen LogP contribution in [0.2, 0.25) is 5.02 Å². The van der Waals surface area contributed by atoms with Crippen molar-refractivity contribution in [1.82, 2.24) is 24.8 Å². The zero-order chi connectivity index (χ0) is 19.7. The molecule has 3 heterocycles. The molecule has 0 aliphatic carbocycles. The van der Waals surface area contributed by atoms with Gasteiger partial charge in [0, 0.05) is 25.5 Å². The molecule has 2 aromatic heterocycles. The van der Waals surface area contributed by atoms with E-state index < -0.39 is 0 Å². The molecule has 6 nitrogen and oxygen atoms in total. The van der Waals surface area contributed by atoms with Gasteiger partial charge in [0.2, 0.25) is 0 Å². The Labute approximate surface area is 169 Å². The van der Waals surface area contributed by atoms with Crippen LogP contribution in [-0.4, -0.2) is 38.6 Å². The van der Waals surface area contributed by atoms with Gasteiger partial charge < -0.3 is 10.2 Å². The molecule has 2 amide bonds. The third-order valence-electron chi connectivity index (χ3n) is 5.45. The molecule has 3 aromatic rings. The number of aryl methyl sites for hydroxylation is 2. The van der Waals surface area contributed by atoms with Gasteiger partial charge in [-0.15, -0.1) is 0 Å². The number of hydrogen-bond donors (Lipinski definition) is 1.